The highest BCUT2D eigenvalue weighted by Gasteiger charge is 2.18. The highest BCUT2D eigenvalue weighted by molar-refractivity contribution is 5.84. The number of nitrogens with zero attached hydrogens (tertiary/aromatic N) is 1. The lowest BCUT2D eigenvalue weighted by Gasteiger charge is -2.09. The minimum atomic E-state index is -0.487. The van der Waals surface area contributed by atoms with Crippen LogP contribution in [0.15, 0.2) is 40.8 Å². The molecule has 2 aromatic carbocycles. The summed E-state index contributed by atoms with van der Waals surface area (Å²) in [6.45, 7) is 0. The zero-order valence-electron chi connectivity index (χ0n) is 13.0. The molecule has 4 rings (SSSR count). The van der Waals surface area contributed by atoms with Crippen LogP contribution in [0.1, 0.15) is 24.2 Å². The Balaban J connectivity index is 1.71. The maximum atomic E-state index is 10.9. The molecule has 2 N–H and O–H groups in total. The van der Waals surface area contributed by atoms with Gasteiger partial charge in [0.05, 0.1) is 11.0 Å². The summed E-state index contributed by atoms with van der Waals surface area (Å²) in [5.41, 5.74) is 8.02. The molecule has 0 unspecified atom stereocenters. The first-order valence-electron chi connectivity index (χ1n) is 7.87. The average molecular weight is 324 g/mol. The van der Waals surface area contributed by atoms with Gasteiger partial charge in [-0.1, -0.05) is 0 Å². The molecular formula is C18H16N2O4. The van der Waals surface area contributed by atoms with E-state index in [1.54, 1.807) is 12.1 Å². The largest absolute Gasteiger partial charge is 0.461 e. The highest BCUT2D eigenvalue weighted by atomic mass is 16.6. The van der Waals surface area contributed by atoms with Crippen LogP contribution in [0.25, 0.3) is 11.0 Å². The first-order chi connectivity index (χ1) is 11.6. The van der Waals surface area contributed by atoms with E-state index in [-0.39, 0.29) is 5.69 Å². The number of hydrogen-bond donors (Lipinski definition) is 1. The van der Waals surface area contributed by atoms with Gasteiger partial charge in [0.25, 0.3) is 5.69 Å². The average Bonchev–Trinajstić information content (AvgIpc) is 2.92. The van der Waals surface area contributed by atoms with Crippen LogP contribution in [0, 0.1) is 10.1 Å². The van der Waals surface area contributed by atoms with Gasteiger partial charge in [-0.2, -0.15) is 0 Å². The van der Waals surface area contributed by atoms with Crippen LogP contribution >= 0.6 is 0 Å². The molecule has 0 saturated heterocycles. The summed E-state index contributed by atoms with van der Waals surface area (Å²) < 4.78 is 11.7. The van der Waals surface area contributed by atoms with E-state index in [2.05, 4.69) is 0 Å². The van der Waals surface area contributed by atoms with E-state index in [4.69, 9.17) is 14.9 Å². The van der Waals surface area contributed by atoms with Crippen molar-refractivity contribution in [3.63, 3.8) is 0 Å². The molecule has 1 aliphatic carbocycles. The van der Waals surface area contributed by atoms with Crippen molar-refractivity contribution in [3.05, 3.63) is 57.8 Å². The molecule has 122 valence electrons. The topological polar surface area (TPSA) is 91.5 Å². The lowest BCUT2D eigenvalue weighted by atomic mass is 9.96. The quantitative estimate of drug-likeness (QED) is 0.432. The maximum absolute atomic E-state index is 10.9. The van der Waals surface area contributed by atoms with Gasteiger partial charge >= 0.3 is 0 Å². The third-order valence-electron chi connectivity index (χ3n) is 4.29. The molecule has 24 heavy (non-hydrogen) atoms. The number of benzene rings is 2. The molecule has 1 heterocycles. The smallest absolute Gasteiger partial charge is 0.275 e. The number of nitro groups is 1. The predicted molar refractivity (Wildman–Crippen MR) is 90.4 cm³/mol. The van der Waals surface area contributed by atoms with Gasteiger partial charge in [-0.3, -0.25) is 10.1 Å². The molecule has 1 aliphatic rings. The molecule has 3 aromatic rings. The molecule has 0 aliphatic heterocycles. The fourth-order valence-corrected chi connectivity index (χ4v) is 3.21. The van der Waals surface area contributed by atoms with E-state index < -0.39 is 4.92 Å². The number of ether oxygens (including phenoxy) is 1. The van der Waals surface area contributed by atoms with E-state index in [9.17, 15) is 10.1 Å². The van der Waals surface area contributed by atoms with Crippen molar-refractivity contribution in [2.75, 3.05) is 5.73 Å². The van der Waals surface area contributed by atoms with Gasteiger partial charge in [-0.05, 0) is 37.5 Å². The number of nitrogen functional groups attached to an aromatic ring is 1. The normalized spacial score (nSPS) is 13.7. The van der Waals surface area contributed by atoms with Crippen LogP contribution < -0.4 is 10.5 Å². The van der Waals surface area contributed by atoms with Crippen molar-refractivity contribution in [1.29, 1.82) is 0 Å². The lowest BCUT2D eigenvalue weighted by Crippen LogP contribution is -1.98. The number of fused-ring (bicyclic) bond motifs is 3. The van der Waals surface area contributed by atoms with Crippen LogP contribution in [0.5, 0.6) is 11.5 Å². The molecule has 1 aromatic heterocycles. The van der Waals surface area contributed by atoms with Gasteiger partial charge in [-0.25, -0.2) is 0 Å². The number of aryl methyl sites for hydroxylation is 2. The van der Waals surface area contributed by atoms with Gasteiger partial charge in [0.15, 0.2) is 0 Å². The molecule has 0 atom stereocenters. The first kappa shape index (κ1) is 14.6. The minimum absolute atomic E-state index is 0.0910. The highest BCUT2D eigenvalue weighted by Crippen LogP contribution is 2.35. The molecular weight excluding hydrogens is 308 g/mol. The first-order valence-corrected chi connectivity index (χ1v) is 7.87. The number of furan rings is 1. The Morgan fingerprint density at radius 3 is 2.75 bits per heavy atom. The zero-order valence-corrected chi connectivity index (χ0v) is 13.0. The standard InChI is InChI=1S/C18H16N2O4/c19-11-7-12(20(21)22)9-14(8-11)23-13-5-6-18-16(10-13)15-3-1-2-4-17(15)24-18/h5-10H,1-4,19H2. The summed E-state index contributed by atoms with van der Waals surface area (Å²) in [5.74, 6) is 2.02. The van der Waals surface area contributed by atoms with E-state index in [0.717, 1.165) is 42.4 Å². The Morgan fingerprint density at radius 2 is 1.92 bits per heavy atom. The second kappa shape index (κ2) is 5.56. The summed E-state index contributed by atoms with van der Waals surface area (Å²) in [6, 6.07) is 9.85. The summed E-state index contributed by atoms with van der Waals surface area (Å²) >= 11 is 0. The lowest BCUT2D eigenvalue weighted by molar-refractivity contribution is -0.384. The van der Waals surface area contributed by atoms with Crippen molar-refractivity contribution in [3.8, 4) is 11.5 Å². The van der Waals surface area contributed by atoms with Crippen LogP contribution in [0.3, 0.4) is 0 Å². The summed E-state index contributed by atoms with van der Waals surface area (Å²) in [6.07, 6.45) is 4.30. The molecule has 0 spiro atoms. The third-order valence-corrected chi connectivity index (χ3v) is 4.29. The Hall–Kier alpha value is -3.02. The summed E-state index contributed by atoms with van der Waals surface area (Å²) in [7, 11) is 0. The fraction of sp³-hybridized carbons (Fsp3) is 0.222. The number of nitrogens with two attached hydrogens (primary N) is 1. The minimum Gasteiger partial charge on any atom is -0.461 e. The Labute approximate surface area is 138 Å². The van der Waals surface area contributed by atoms with Gasteiger partial charge < -0.3 is 14.9 Å². The fourth-order valence-electron chi connectivity index (χ4n) is 3.21. The van der Waals surface area contributed by atoms with Gasteiger partial charge in [0, 0.05) is 35.2 Å². The van der Waals surface area contributed by atoms with E-state index in [0.29, 0.717) is 17.2 Å². The molecule has 0 amide bonds. The summed E-state index contributed by atoms with van der Waals surface area (Å²) in [5, 5.41) is 12.0. The van der Waals surface area contributed by atoms with Gasteiger partial charge in [0.1, 0.15) is 22.8 Å². The molecule has 6 nitrogen and oxygen atoms in total. The Morgan fingerprint density at radius 1 is 1.08 bits per heavy atom. The van der Waals surface area contributed by atoms with Crippen LogP contribution in [0.4, 0.5) is 11.4 Å². The van der Waals surface area contributed by atoms with Crippen molar-refractivity contribution in [1.82, 2.24) is 0 Å². The molecule has 0 fully saturated rings. The number of non-ortho nitro benzene ring substituents is 1. The van der Waals surface area contributed by atoms with E-state index in [1.807, 2.05) is 12.1 Å². The zero-order chi connectivity index (χ0) is 16.7. The number of nitro benzene ring substituents is 1. The van der Waals surface area contributed by atoms with E-state index in [1.165, 1.54) is 17.7 Å². The predicted octanol–water partition coefficient (Wildman–Crippen LogP) is 4.59. The van der Waals surface area contributed by atoms with Gasteiger partial charge in [0.2, 0.25) is 0 Å². The summed E-state index contributed by atoms with van der Waals surface area (Å²) in [4.78, 5) is 10.5. The van der Waals surface area contributed by atoms with E-state index >= 15 is 0 Å². The Bertz CT molecular complexity index is 946. The Kier molecular flexibility index (Phi) is 3.37. The third kappa shape index (κ3) is 2.56. The number of anilines is 1. The van der Waals surface area contributed by atoms with Crippen molar-refractivity contribution >= 4 is 22.3 Å². The monoisotopic (exact) mass is 324 g/mol. The maximum Gasteiger partial charge on any atom is 0.275 e. The van der Waals surface area contributed by atoms with Gasteiger partial charge in [-0.15, -0.1) is 0 Å². The van der Waals surface area contributed by atoms with Crippen molar-refractivity contribution < 1.29 is 14.1 Å². The van der Waals surface area contributed by atoms with Crippen LogP contribution in [-0.2, 0) is 12.8 Å². The molecule has 0 radical (unpaired) electrons. The molecule has 0 bridgehead atoms. The van der Waals surface area contributed by atoms with Crippen molar-refractivity contribution in [2.45, 2.75) is 25.7 Å². The second-order valence-corrected chi connectivity index (χ2v) is 5.99. The second-order valence-electron chi connectivity index (χ2n) is 5.99. The number of hydrogen-bond acceptors (Lipinski definition) is 5. The SMILES string of the molecule is Nc1cc(Oc2ccc3oc4c(c3c2)CCCC4)cc([N+](=O)[O-])c1. The number of rotatable bonds is 3. The molecule has 6 heteroatoms. The van der Waals surface area contributed by atoms with Crippen LogP contribution in [-0.4, -0.2) is 4.92 Å². The molecule has 0 saturated carbocycles. The van der Waals surface area contributed by atoms with Crippen LogP contribution in [0.2, 0.25) is 0 Å². The van der Waals surface area contributed by atoms with Crippen molar-refractivity contribution in [2.24, 2.45) is 0 Å².